The number of amides is 2. The molecule has 140 valence electrons. The van der Waals surface area contributed by atoms with Crippen molar-refractivity contribution < 1.29 is 9.59 Å². The van der Waals surface area contributed by atoms with E-state index in [1.165, 1.54) is 16.9 Å². The molecular weight excluding hydrogens is 346 g/mol. The van der Waals surface area contributed by atoms with Crippen LogP contribution in [0, 0.1) is 13.8 Å². The zero-order valence-corrected chi connectivity index (χ0v) is 16.9. The highest BCUT2D eigenvalue weighted by Crippen LogP contribution is 2.21. The predicted molar refractivity (Wildman–Crippen MR) is 107 cm³/mol. The summed E-state index contributed by atoms with van der Waals surface area (Å²) in [5.74, 6) is -0.346. The predicted octanol–water partition coefficient (Wildman–Crippen LogP) is 4.20. The maximum absolute atomic E-state index is 12.9. The molecule has 0 aliphatic rings. The molecule has 2 rings (SSSR count). The fourth-order valence-electron chi connectivity index (χ4n) is 2.54. The minimum absolute atomic E-state index is 0.0149. The van der Waals surface area contributed by atoms with Crippen LogP contribution in [0.1, 0.15) is 53.7 Å². The lowest BCUT2D eigenvalue weighted by atomic mass is 10.1. The molecule has 6 heteroatoms. The van der Waals surface area contributed by atoms with Crippen molar-refractivity contribution >= 4 is 28.3 Å². The Morgan fingerprint density at radius 3 is 2.35 bits per heavy atom. The summed E-state index contributed by atoms with van der Waals surface area (Å²) < 4.78 is 0. The van der Waals surface area contributed by atoms with Crippen LogP contribution in [-0.4, -0.2) is 34.3 Å². The van der Waals surface area contributed by atoms with E-state index in [0.29, 0.717) is 10.7 Å². The molecule has 2 aromatic rings. The molecule has 0 fully saturated rings. The van der Waals surface area contributed by atoms with Crippen LogP contribution in [0.3, 0.4) is 0 Å². The number of hydrogen-bond donors (Lipinski definition) is 1. The normalized spacial score (nSPS) is 11.9. The lowest BCUT2D eigenvalue weighted by Crippen LogP contribution is -2.43. The molecule has 1 aromatic carbocycles. The highest BCUT2D eigenvalue weighted by molar-refractivity contribution is 7.15. The number of nitrogens with zero attached hydrogens (tertiary/aromatic N) is 2. The first-order valence-corrected chi connectivity index (χ1v) is 9.81. The summed E-state index contributed by atoms with van der Waals surface area (Å²) in [6, 6.07) is 7.56. The molecule has 1 N–H and O–H groups in total. The summed E-state index contributed by atoms with van der Waals surface area (Å²) in [7, 11) is 0. The van der Waals surface area contributed by atoms with Gasteiger partial charge in [0, 0.05) is 16.5 Å². The van der Waals surface area contributed by atoms with Crippen LogP contribution in [0.2, 0.25) is 0 Å². The Labute approximate surface area is 159 Å². The van der Waals surface area contributed by atoms with Crippen molar-refractivity contribution in [3.8, 4) is 0 Å². The quantitative estimate of drug-likeness (QED) is 0.791. The van der Waals surface area contributed by atoms with Crippen molar-refractivity contribution in [3.63, 3.8) is 0 Å². The summed E-state index contributed by atoms with van der Waals surface area (Å²) in [6.45, 7) is 9.95. The Balaban J connectivity index is 2.12. The molecule has 1 atom stereocenters. The molecule has 26 heavy (non-hydrogen) atoms. The van der Waals surface area contributed by atoms with E-state index in [2.05, 4.69) is 17.2 Å². The Kier molecular flexibility index (Phi) is 6.91. The van der Waals surface area contributed by atoms with Crippen LogP contribution >= 0.6 is 11.3 Å². The molecule has 0 aliphatic heterocycles. The minimum atomic E-state index is -0.224. The summed E-state index contributed by atoms with van der Waals surface area (Å²) in [6.07, 6.45) is 1.71. The lowest BCUT2D eigenvalue weighted by molar-refractivity contribution is -0.117. The first-order valence-electron chi connectivity index (χ1n) is 8.99. The first-order chi connectivity index (χ1) is 12.3. The van der Waals surface area contributed by atoms with Gasteiger partial charge in [-0.15, -0.1) is 11.3 Å². The number of rotatable bonds is 7. The van der Waals surface area contributed by atoms with E-state index in [1.807, 2.05) is 52.0 Å². The summed E-state index contributed by atoms with van der Waals surface area (Å²) in [5, 5.41) is 3.39. The maximum Gasteiger partial charge on any atom is 0.254 e. The number of hydrogen-bond acceptors (Lipinski definition) is 4. The Morgan fingerprint density at radius 2 is 1.85 bits per heavy atom. The summed E-state index contributed by atoms with van der Waals surface area (Å²) in [5.41, 5.74) is 2.70. The highest BCUT2D eigenvalue weighted by Gasteiger charge is 2.23. The first kappa shape index (κ1) is 20.1. The Bertz CT molecular complexity index is 748. The van der Waals surface area contributed by atoms with Crippen LogP contribution in [-0.2, 0) is 11.2 Å². The SMILES string of the molecule is CCc1ccc(C(=O)N(CC(=O)Nc2nc(C)c(C)s2)C(C)CC)cc1. The van der Waals surface area contributed by atoms with Gasteiger partial charge >= 0.3 is 0 Å². The van der Waals surface area contributed by atoms with Crippen LogP contribution in [0.4, 0.5) is 5.13 Å². The number of benzene rings is 1. The van der Waals surface area contributed by atoms with Gasteiger partial charge in [-0.3, -0.25) is 9.59 Å². The molecule has 0 radical (unpaired) electrons. The van der Waals surface area contributed by atoms with Crippen molar-refractivity contribution in [2.24, 2.45) is 0 Å². The van der Waals surface area contributed by atoms with Crippen molar-refractivity contribution in [2.75, 3.05) is 11.9 Å². The molecule has 5 nitrogen and oxygen atoms in total. The second-order valence-corrected chi connectivity index (χ2v) is 7.65. The summed E-state index contributed by atoms with van der Waals surface area (Å²) >= 11 is 1.45. The van der Waals surface area contributed by atoms with Gasteiger partial charge < -0.3 is 10.2 Å². The van der Waals surface area contributed by atoms with Crippen LogP contribution in [0.15, 0.2) is 24.3 Å². The molecule has 0 spiro atoms. The number of anilines is 1. The van der Waals surface area contributed by atoms with E-state index >= 15 is 0 Å². The van der Waals surface area contributed by atoms with E-state index in [9.17, 15) is 9.59 Å². The molecule has 2 amide bonds. The van der Waals surface area contributed by atoms with Crippen molar-refractivity contribution in [3.05, 3.63) is 46.0 Å². The average Bonchev–Trinajstić information content (AvgIpc) is 2.95. The molecule has 1 aromatic heterocycles. The van der Waals surface area contributed by atoms with Gasteiger partial charge in [0.2, 0.25) is 5.91 Å². The number of aryl methyl sites for hydroxylation is 3. The zero-order chi connectivity index (χ0) is 19.3. The van der Waals surface area contributed by atoms with Gasteiger partial charge in [0.25, 0.3) is 5.91 Å². The number of carbonyl (C=O) groups is 2. The molecule has 1 unspecified atom stereocenters. The third-order valence-corrected chi connectivity index (χ3v) is 5.57. The van der Waals surface area contributed by atoms with Gasteiger partial charge in [-0.1, -0.05) is 26.0 Å². The van der Waals surface area contributed by atoms with Crippen molar-refractivity contribution in [1.82, 2.24) is 9.88 Å². The van der Waals surface area contributed by atoms with Crippen LogP contribution in [0.5, 0.6) is 0 Å². The van der Waals surface area contributed by atoms with E-state index in [0.717, 1.165) is 23.4 Å². The van der Waals surface area contributed by atoms with E-state index in [4.69, 9.17) is 0 Å². The molecule has 0 aliphatic carbocycles. The van der Waals surface area contributed by atoms with Crippen molar-refractivity contribution in [2.45, 2.75) is 53.5 Å². The van der Waals surface area contributed by atoms with Crippen LogP contribution in [0.25, 0.3) is 0 Å². The minimum Gasteiger partial charge on any atom is -0.327 e. The van der Waals surface area contributed by atoms with Gasteiger partial charge in [-0.2, -0.15) is 0 Å². The lowest BCUT2D eigenvalue weighted by Gasteiger charge is -2.28. The van der Waals surface area contributed by atoms with Gasteiger partial charge in [-0.05, 0) is 51.3 Å². The smallest absolute Gasteiger partial charge is 0.254 e. The molecule has 0 saturated carbocycles. The second kappa shape index (κ2) is 8.94. The van der Waals surface area contributed by atoms with Gasteiger partial charge in [0.1, 0.15) is 6.54 Å². The van der Waals surface area contributed by atoms with E-state index in [-0.39, 0.29) is 24.4 Å². The molecule has 0 bridgehead atoms. The topological polar surface area (TPSA) is 62.3 Å². The third-order valence-electron chi connectivity index (χ3n) is 4.58. The number of thiazole rings is 1. The van der Waals surface area contributed by atoms with Gasteiger partial charge in [-0.25, -0.2) is 4.98 Å². The molecular formula is C20H27N3O2S. The zero-order valence-electron chi connectivity index (χ0n) is 16.1. The van der Waals surface area contributed by atoms with E-state index < -0.39 is 0 Å². The molecule has 1 heterocycles. The fraction of sp³-hybridized carbons (Fsp3) is 0.450. The fourth-order valence-corrected chi connectivity index (χ4v) is 3.37. The highest BCUT2D eigenvalue weighted by atomic mass is 32.1. The van der Waals surface area contributed by atoms with Crippen LogP contribution < -0.4 is 5.32 Å². The van der Waals surface area contributed by atoms with E-state index in [1.54, 1.807) is 4.90 Å². The summed E-state index contributed by atoms with van der Waals surface area (Å²) in [4.78, 5) is 32.4. The average molecular weight is 374 g/mol. The molecule has 0 saturated heterocycles. The third kappa shape index (κ3) is 4.91. The number of carbonyl (C=O) groups excluding carboxylic acids is 2. The van der Waals surface area contributed by atoms with Gasteiger partial charge in [0.15, 0.2) is 5.13 Å². The van der Waals surface area contributed by atoms with Gasteiger partial charge in [0.05, 0.1) is 5.69 Å². The second-order valence-electron chi connectivity index (χ2n) is 6.45. The number of nitrogens with one attached hydrogen (secondary N) is 1. The Hall–Kier alpha value is -2.21. The maximum atomic E-state index is 12.9. The Morgan fingerprint density at radius 1 is 1.19 bits per heavy atom. The number of aromatic nitrogens is 1. The largest absolute Gasteiger partial charge is 0.327 e. The monoisotopic (exact) mass is 373 g/mol. The standard InChI is InChI=1S/C20H27N3O2S/c1-6-13(3)23(19(25)17-10-8-16(7-2)9-11-17)12-18(24)22-20-21-14(4)15(5)26-20/h8-11,13H,6-7,12H2,1-5H3,(H,21,22,24). The van der Waals surface area contributed by atoms with Crippen molar-refractivity contribution in [1.29, 1.82) is 0 Å².